The third-order valence-electron chi connectivity index (χ3n) is 3.78. The molecule has 24 heavy (non-hydrogen) atoms. The van der Waals surface area contributed by atoms with E-state index in [1.807, 2.05) is 0 Å². The fourth-order valence-electron chi connectivity index (χ4n) is 2.54. The summed E-state index contributed by atoms with van der Waals surface area (Å²) in [6.45, 7) is 11.1. The second-order valence-electron chi connectivity index (χ2n) is 5.85. The van der Waals surface area contributed by atoms with Crippen LogP contribution in [0.5, 0.6) is 0 Å². The lowest BCUT2D eigenvalue weighted by molar-refractivity contribution is 0.00124. The van der Waals surface area contributed by atoms with Crippen molar-refractivity contribution >= 4 is 39.6 Å². The van der Waals surface area contributed by atoms with Crippen molar-refractivity contribution in [2.24, 2.45) is 5.92 Å². The average Bonchev–Trinajstić information content (AvgIpc) is 2.89. The summed E-state index contributed by atoms with van der Waals surface area (Å²) in [6.07, 6.45) is 2.55. The quantitative estimate of drug-likeness (QED) is 0.455. The summed E-state index contributed by atoms with van der Waals surface area (Å²) in [5.74, 6) is 0.0771. The number of nitrogens with one attached hydrogen (secondary N) is 2. The molecule has 0 radical (unpaired) electrons. The van der Waals surface area contributed by atoms with Crippen molar-refractivity contribution in [3.8, 4) is 0 Å². The number of carbonyl (C=O) groups excluding carboxylic acids is 1. The van der Waals surface area contributed by atoms with Crippen LogP contribution in [0.25, 0.3) is 0 Å². The van der Waals surface area contributed by atoms with Crippen molar-refractivity contribution in [2.75, 3.05) is 18.5 Å². The Labute approximate surface area is 152 Å². The topological polar surface area (TPSA) is 59.6 Å². The second kappa shape index (κ2) is 8.60. The highest BCUT2D eigenvalue weighted by Crippen LogP contribution is 2.39. The zero-order valence-electron chi connectivity index (χ0n) is 14.3. The largest absolute Gasteiger partial charge is 0.462 e. The van der Waals surface area contributed by atoms with E-state index in [9.17, 15) is 4.79 Å². The number of anilines is 1. The lowest BCUT2D eigenvalue weighted by Gasteiger charge is -2.26. The summed E-state index contributed by atoms with van der Waals surface area (Å²) in [7, 11) is 0. The van der Waals surface area contributed by atoms with Crippen molar-refractivity contribution in [1.29, 1.82) is 0 Å². The molecule has 7 heteroatoms. The molecule has 0 bridgehead atoms. The van der Waals surface area contributed by atoms with Gasteiger partial charge in [-0.3, -0.25) is 0 Å². The third kappa shape index (κ3) is 4.34. The highest BCUT2D eigenvalue weighted by Gasteiger charge is 2.31. The summed E-state index contributed by atoms with van der Waals surface area (Å²) >= 11 is 6.77. The molecule has 0 unspecified atom stereocenters. The molecule has 0 fully saturated rings. The first kappa shape index (κ1) is 18.9. The van der Waals surface area contributed by atoms with Gasteiger partial charge >= 0.3 is 5.97 Å². The van der Waals surface area contributed by atoms with Crippen LogP contribution in [0.2, 0.25) is 0 Å². The Bertz CT molecular complexity index is 626. The molecule has 1 aliphatic heterocycles. The van der Waals surface area contributed by atoms with E-state index in [2.05, 4.69) is 31.1 Å². The molecule has 0 saturated carbocycles. The third-order valence-corrected chi connectivity index (χ3v) is 5.15. The van der Waals surface area contributed by atoms with Gasteiger partial charge in [0, 0.05) is 17.8 Å². The Morgan fingerprint density at radius 1 is 1.58 bits per heavy atom. The van der Waals surface area contributed by atoms with E-state index in [-0.39, 0.29) is 12.1 Å². The monoisotopic (exact) mass is 368 g/mol. The Morgan fingerprint density at radius 2 is 2.33 bits per heavy atom. The van der Waals surface area contributed by atoms with Crippen LogP contribution in [0.1, 0.15) is 41.6 Å². The molecule has 1 aromatic rings. The van der Waals surface area contributed by atoms with Crippen LogP contribution in [-0.2, 0) is 22.5 Å². The molecule has 1 atom stereocenters. The number of rotatable bonds is 6. The van der Waals surface area contributed by atoms with E-state index >= 15 is 0 Å². The second-order valence-corrected chi connectivity index (χ2v) is 7.36. The van der Waals surface area contributed by atoms with Gasteiger partial charge in [0.1, 0.15) is 5.00 Å². The van der Waals surface area contributed by atoms with Crippen LogP contribution in [0.3, 0.4) is 0 Å². The molecule has 0 spiro atoms. The maximum atomic E-state index is 12.5. The van der Waals surface area contributed by atoms with Gasteiger partial charge in [-0.2, -0.15) is 0 Å². The van der Waals surface area contributed by atoms with Gasteiger partial charge in [0.25, 0.3) is 0 Å². The molecule has 0 aliphatic carbocycles. The van der Waals surface area contributed by atoms with Crippen molar-refractivity contribution in [1.82, 2.24) is 5.32 Å². The van der Waals surface area contributed by atoms with E-state index in [1.165, 1.54) is 11.3 Å². The summed E-state index contributed by atoms with van der Waals surface area (Å²) in [4.78, 5) is 13.6. The maximum Gasteiger partial charge on any atom is 0.341 e. The minimum atomic E-state index is -0.312. The van der Waals surface area contributed by atoms with Crippen molar-refractivity contribution in [2.45, 2.75) is 39.9 Å². The van der Waals surface area contributed by atoms with Crippen molar-refractivity contribution < 1.29 is 14.3 Å². The van der Waals surface area contributed by atoms with Gasteiger partial charge in [-0.25, -0.2) is 4.79 Å². The number of thiophene rings is 1. The molecule has 5 nitrogen and oxygen atoms in total. The molecule has 2 heterocycles. The number of hydrogen-bond acceptors (Lipinski definition) is 5. The zero-order chi connectivity index (χ0) is 17.7. The Hall–Kier alpha value is -1.44. The van der Waals surface area contributed by atoms with Crippen LogP contribution in [0.15, 0.2) is 12.7 Å². The molecule has 1 aliphatic rings. The predicted octanol–water partition coefficient (Wildman–Crippen LogP) is 3.49. The highest BCUT2D eigenvalue weighted by atomic mass is 32.1. The van der Waals surface area contributed by atoms with E-state index in [0.717, 1.165) is 10.4 Å². The number of thiocarbonyl (C=S) groups is 1. The smallest absolute Gasteiger partial charge is 0.341 e. The fraction of sp³-hybridized carbons (Fsp3) is 0.529. The van der Waals surface area contributed by atoms with Crippen LogP contribution in [0, 0.1) is 5.92 Å². The van der Waals surface area contributed by atoms with E-state index in [0.29, 0.717) is 47.8 Å². The van der Waals surface area contributed by atoms with Crippen LogP contribution >= 0.6 is 23.6 Å². The van der Waals surface area contributed by atoms with Crippen molar-refractivity contribution in [3.05, 3.63) is 28.7 Å². The van der Waals surface area contributed by atoms with Gasteiger partial charge in [0.2, 0.25) is 0 Å². The van der Waals surface area contributed by atoms with Gasteiger partial charge in [-0.15, -0.1) is 17.9 Å². The summed E-state index contributed by atoms with van der Waals surface area (Å²) in [5, 5.41) is 7.31. The van der Waals surface area contributed by atoms with Crippen LogP contribution < -0.4 is 10.6 Å². The van der Waals surface area contributed by atoms with Crippen molar-refractivity contribution in [3.63, 3.8) is 0 Å². The van der Waals surface area contributed by atoms with E-state index in [4.69, 9.17) is 21.7 Å². The minimum Gasteiger partial charge on any atom is -0.462 e. The summed E-state index contributed by atoms with van der Waals surface area (Å²) in [5.41, 5.74) is 1.62. The van der Waals surface area contributed by atoms with Gasteiger partial charge in [-0.05, 0) is 30.6 Å². The number of esters is 1. The standard InChI is InChI=1S/C17H24N2O3S2/c1-5-7-18-17(23)19-15-14(16(20)21-6-2)11-8-12(10(3)4)22-9-13(11)24-15/h5,10,12H,1,6-9H2,2-4H3,(H2,18,19,23)/t12-/m1/s1. The number of ether oxygens (including phenoxy) is 2. The van der Waals surface area contributed by atoms with Gasteiger partial charge < -0.3 is 20.1 Å². The highest BCUT2D eigenvalue weighted by molar-refractivity contribution is 7.80. The molecule has 2 rings (SSSR count). The number of fused-ring (bicyclic) bond motifs is 1. The normalized spacial score (nSPS) is 16.4. The van der Waals surface area contributed by atoms with Crippen LogP contribution in [-0.4, -0.2) is 30.3 Å². The van der Waals surface area contributed by atoms with Gasteiger partial charge in [0.05, 0.1) is 24.9 Å². The molecule has 2 N–H and O–H groups in total. The Kier molecular flexibility index (Phi) is 6.77. The minimum absolute atomic E-state index is 0.110. The summed E-state index contributed by atoms with van der Waals surface area (Å²) < 4.78 is 11.2. The average molecular weight is 369 g/mol. The zero-order valence-corrected chi connectivity index (χ0v) is 15.9. The van der Waals surface area contributed by atoms with Crippen LogP contribution in [0.4, 0.5) is 5.00 Å². The predicted molar refractivity (Wildman–Crippen MR) is 102 cm³/mol. The first-order chi connectivity index (χ1) is 11.5. The molecular weight excluding hydrogens is 344 g/mol. The molecule has 0 amide bonds. The Balaban J connectivity index is 2.31. The molecule has 1 aromatic heterocycles. The maximum absolute atomic E-state index is 12.5. The van der Waals surface area contributed by atoms with Gasteiger partial charge in [-0.1, -0.05) is 19.9 Å². The molecular formula is C17H24N2O3S2. The lowest BCUT2D eigenvalue weighted by Crippen LogP contribution is -2.29. The number of carbonyl (C=O) groups is 1. The first-order valence-electron chi connectivity index (χ1n) is 8.06. The molecule has 0 aromatic carbocycles. The van der Waals surface area contributed by atoms with E-state index < -0.39 is 0 Å². The van der Waals surface area contributed by atoms with E-state index in [1.54, 1.807) is 13.0 Å². The first-order valence-corrected chi connectivity index (χ1v) is 9.29. The number of hydrogen-bond donors (Lipinski definition) is 2. The Morgan fingerprint density at radius 3 is 2.96 bits per heavy atom. The SMILES string of the molecule is C=CCNC(=S)Nc1sc2c(c1C(=O)OCC)C[C@H](C(C)C)OC2. The lowest BCUT2D eigenvalue weighted by atomic mass is 9.94. The molecule has 0 saturated heterocycles. The molecule has 132 valence electrons. The van der Waals surface area contributed by atoms with Gasteiger partial charge in [0.15, 0.2) is 5.11 Å². The summed E-state index contributed by atoms with van der Waals surface area (Å²) in [6, 6.07) is 0. The fourth-order valence-corrected chi connectivity index (χ4v) is 3.93.